The van der Waals surface area contributed by atoms with Crippen LogP contribution in [0, 0.1) is 0 Å². The Morgan fingerprint density at radius 2 is 0.873 bits per heavy atom. The van der Waals surface area contributed by atoms with E-state index in [0.29, 0.717) is 12.8 Å². The molecular weight excluding hydrogens is 787 g/mol. The summed E-state index contributed by atoms with van der Waals surface area (Å²) in [6, 6.07) is -0.741. The number of carboxylic acid groups (broad SMARTS) is 1. The van der Waals surface area contributed by atoms with E-state index >= 15 is 0 Å². The number of carboxylic acids is 1. The number of quaternary nitrogens is 1. The number of unbranched alkanes of at least 4 members (excludes halogenated alkanes) is 13. The number of nitrogens with zero attached hydrogens (tertiary/aromatic N) is 1. The van der Waals surface area contributed by atoms with Crippen LogP contribution in [-0.4, -0.2) is 75.5 Å². The molecule has 0 saturated heterocycles. The summed E-state index contributed by atoms with van der Waals surface area (Å²) in [6.45, 7) is 4.35. The Morgan fingerprint density at radius 3 is 1.30 bits per heavy atom. The molecule has 0 fully saturated rings. The lowest BCUT2D eigenvalue weighted by atomic mass is 10.0. The van der Waals surface area contributed by atoms with Gasteiger partial charge in [0, 0.05) is 19.3 Å². The molecule has 0 heterocycles. The molecule has 0 radical (unpaired) electrons. The second-order valence-electron chi connectivity index (χ2n) is 17.3. The molecule has 2 atom stereocenters. The summed E-state index contributed by atoms with van der Waals surface area (Å²) in [5.74, 6) is -1.85. The highest BCUT2D eigenvalue weighted by Gasteiger charge is 2.25. The van der Waals surface area contributed by atoms with Gasteiger partial charge in [0.2, 0.25) is 0 Å². The van der Waals surface area contributed by atoms with Gasteiger partial charge >= 0.3 is 11.9 Å². The van der Waals surface area contributed by atoms with E-state index in [1.165, 1.54) is 70.6 Å². The van der Waals surface area contributed by atoms with Gasteiger partial charge in [-0.15, -0.1) is 0 Å². The first kappa shape index (κ1) is 59.2. The number of allylic oxidation sites excluding steroid dienone is 16. The van der Waals surface area contributed by atoms with Gasteiger partial charge in [-0.3, -0.25) is 9.59 Å². The van der Waals surface area contributed by atoms with E-state index in [9.17, 15) is 19.5 Å². The number of rotatable bonds is 43. The van der Waals surface area contributed by atoms with Crippen molar-refractivity contribution in [1.29, 1.82) is 0 Å². The van der Waals surface area contributed by atoms with Crippen molar-refractivity contribution in [2.75, 3.05) is 41.0 Å². The monoisotopic (exact) mass is 878 g/mol. The molecule has 358 valence electrons. The lowest BCUT2D eigenvalue weighted by Gasteiger charge is -2.34. The average molecular weight is 878 g/mol. The van der Waals surface area contributed by atoms with Crippen LogP contribution >= 0.6 is 0 Å². The van der Waals surface area contributed by atoms with Crippen LogP contribution in [0.2, 0.25) is 0 Å². The van der Waals surface area contributed by atoms with Crippen LogP contribution in [0.4, 0.5) is 0 Å². The van der Waals surface area contributed by atoms with Gasteiger partial charge in [0.15, 0.2) is 6.10 Å². The van der Waals surface area contributed by atoms with Gasteiger partial charge in [-0.05, 0) is 77.0 Å². The first-order valence-electron chi connectivity index (χ1n) is 24.8. The molecule has 63 heavy (non-hydrogen) atoms. The molecule has 0 rings (SSSR count). The molecule has 2 unspecified atom stereocenters. The normalized spacial score (nSPS) is 13.7. The first-order chi connectivity index (χ1) is 30.6. The number of aliphatic carboxylic acids is 1. The van der Waals surface area contributed by atoms with Crippen molar-refractivity contribution in [2.24, 2.45) is 0 Å². The zero-order valence-electron chi connectivity index (χ0n) is 40.7. The molecule has 0 aromatic heterocycles. The average Bonchev–Trinajstić information content (AvgIpc) is 3.24. The highest BCUT2D eigenvalue weighted by molar-refractivity contribution is 5.70. The van der Waals surface area contributed by atoms with Crippen molar-refractivity contribution < 1.29 is 38.2 Å². The largest absolute Gasteiger partial charge is 0.544 e. The topological polar surface area (TPSA) is 102 Å². The van der Waals surface area contributed by atoms with Gasteiger partial charge in [0.25, 0.3) is 0 Å². The summed E-state index contributed by atoms with van der Waals surface area (Å²) >= 11 is 0. The highest BCUT2D eigenvalue weighted by atomic mass is 16.6. The molecule has 0 aromatic carbocycles. The van der Waals surface area contributed by atoms with E-state index in [1.807, 2.05) is 12.2 Å². The summed E-state index contributed by atoms with van der Waals surface area (Å²) in [5, 5.41) is 11.7. The Hall–Kier alpha value is -3.75. The van der Waals surface area contributed by atoms with Crippen LogP contribution in [0.5, 0.6) is 0 Å². The lowest BCUT2D eigenvalue weighted by molar-refractivity contribution is -0.889. The number of ether oxygens (including phenoxy) is 3. The number of carbonyl (C=O) groups is 3. The second kappa shape index (κ2) is 44.8. The van der Waals surface area contributed by atoms with Crippen LogP contribution in [0.25, 0.3) is 0 Å². The molecule has 0 amide bonds. The Kier molecular flexibility index (Phi) is 42.2. The molecule has 0 N–H and O–H groups in total. The zero-order valence-corrected chi connectivity index (χ0v) is 40.7. The smallest absolute Gasteiger partial charge is 0.306 e. The molecule has 8 heteroatoms. The van der Waals surface area contributed by atoms with Crippen molar-refractivity contribution in [1.82, 2.24) is 0 Å². The third-order valence-electron chi connectivity index (χ3n) is 10.5. The second-order valence-corrected chi connectivity index (χ2v) is 17.3. The number of hydrogen-bond donors (Lipinski definition) is 0. The summed E-state index contributed by atoms with van der Waals surface area (Å²) in [5.41, 5.74) is 0. The summed E-state index contributed by atoms with van der Waals surface area (Å²) < 4.78 is 17.1. The van der Waals surface area contributed by atoms with Crippen molar-refractivity contribution in [3.63, 3.8) is 0 Å². The molecule has 0 bridgehead atoms. The van der Waals surface area contributed by atoms with Crippen LogP contribution in [0.1, 0.15) is 181 Å². The summed E-state index contributed by atoms with van der Waals surface area (Å²) in [6.07, 6.45) is 60.3. The summed E-state index contributed by atoms with van der Waals surface area (Å²) in [7, 11) is 5.38. The van der Waals surface area contributed by atoms with Crippen LogP contribution in [0.15, 0.2) is 97.2 Å². The quantitative estimate of drug-likeness (QED) is 0.0260. The Labute approximate surface area is 386 Å². The van der Waals surface area contributed by atoms with E-state index in [-0.39, 0.29) is 49.1 Å². The van der Waals surface area contributed by atoms with E-state index in [4.69, 9.17) is 14.2 Å². The lowest BCUT2D eigenvalue weighted by Crippen LogP contribution is -2.55. The van der Waals surface area contributed by atoms with E-state index in [0.717, 1.165) is 70.6 Å². The van der Waals surface area contributed by atoms with Gasteiger partial charge in [-0.25, -0.2) is 0 Å². The van der Waals surface area contributed by atoms with Crippen molar-refractivity contribution in [2.45, 2.75) is 193 Å². The third-order valence-corrected chi connectivity index (χ3v) is 10.5. The predicted octanol–water partition coefficient (Wildman–Crippen LogP) is 12.9. The van der Waals surface area contributed by atoms with Gasteiger partial charge in [-0.1, -0.05) is 182 Å². The molecule has 0 aliphatic carbocycles. The minimum atomic E-state index is -1.14. The van der Waals surface area contributed by atoms with Crippen molar-refractivity contribution >= 4 is 17.9 Å². The number of esters is 2. The Morgan fingerprint density at radius 1 is 0.476 bits per heavy atom. The van der Waals surface area contributed by atoms with Gasteiger partial charge < -0.3 is 28.6 Å². The SMILES string of the molecule is CC/C=C/C/C=C/C/C=C/C/C=C/C/C=C/CCC(=O)OCC(COCCC(C(=O)[O-])[N+](C)(C)C)OC(=O)CCCCCCCCCCCCCCC/C=C/C/C=C/C/C=C/CC. The fourth-order valence-electron chi connectivity index (χ4n) is 6.72. The standard InChI is InChI=1S/C55H91NO7/c1-6-8-10-12-14-16-18-20-22-24-25-26-27-28-29-30-32-34-36-38-40-42-44-46-54(58)63-51(49-61-48-47-52(55(59)60)56(3,4)5)50-62-53(57)45-43-41-39-37-35-33-31-23-21-19-17-15-13-11-9-7-2/h8-11,14-17,20-23,33,35,39,41,51-52H,6-7,12-13,18-19,24-32,34,36-38,40,42-50H2,1-5H3/b10-8+,11-9+,16-14+,17-15+,22-20+,23-21+,35-33+,41-39+. The highest BCUT2D eigenvalue weighted by Crippen LogP contribution is 2.15. The minimum Gasteiger partial charge on any atom is -0.544 e. The third kappa shape index (κ3) is 43.3. The van der Waals surface area contributed by atoms with Crippen LogP contribution in [-0.2, 0) is 28.6 Å². The van der Waals surface area contributed by atoms with Gasteiger partial charge in [-0.2, -0.15) is 0 Å². The fourth-order valence-corrected chi connectivity index (χ4v) is 6.72. The van der Waals surface area contributed by atoms with Crippen molar-refractivity contribution in [3.05, 3.63) is 97.2 Å². The molecule has 0 saturated carbocycles. The maximum atomic E-state index is 12.8. The van der Waals surface area contributed by atoms with E-state index < -0.39 is 18.1 Å². The number of likely N-dealkylation sites (N-methyl/N-ethyl adjacent to an activating group) is 1. The molecule has 0 spiro atoms. The maximum Gasteiger partial charge on any atom is 0.306 e. The van der Waals surface area contributed by atoms with Gasteiger partial charge in [0.1, 0.15) is 12.6 Å². The molecule has 0 aromatic rings. The predicted molar refractivity (Wildman–Crippen MR) is 263 cm³/mol. The van der Waals surface area contributed by atoms with Crippen LogP contribution in [0.3, 0.4) is 0 Å². The summed E-state index contributed by atoms with van der Waals surface area (Å²) in [4.78, 5) is 37.0. The Balaban J connectivity index is 4.33. The van der Waals surface area contributed by atoms with E-state index in [1.54, 1.807) is 21.1 Å². The van der Waals surface area contributed by atoms with E-state index in [2.05, 4.69) is 98.9 Å². The maximum absolute atomic E-state index is 12.8. The molecule has 0 aliphatic heterocycles. The molecular formula is C55H91NO7. The van der Waals surface area contributed by atoms with Gasteiger partial charge in [0.05, 0.1) is 40.3 Å². The molecule has 0 aliphatic rings. The zero-order chi connectivity index (χ0) is 46.3. The minimum absolute atomic E-state index is 0.0123. The van der Waals surface area contributed by atoms with Crippen LogP contribution < -0.4 is 5.11 Å². The fraction of sp³-hybridized carbons (Fsp3) is 0.655. The number of hydrogen-bond acceptors (Lipinski definition) is 7. The first-order valence-corrected chi connectivity index (χ1v) is 24.8. The molecule has 8 nitrogen and oxygen atoms in total. The number of carbonyl (C=O) groups excluding carboxylic acids is 3. The Bertz CT molecular complexity index is 1350. The van der Waals surface area contributed by atoms with Crippen molar-refractivity contribution in [3.8, 4) is 0 Å².